The first-order chi connectivity index (χ1) is 9.58. The van der Waals surface area contributed by atoms with Crippen LogP contribution in [0.1, 0.15) is 16.1 Å². The van der Waals surface area contributed by atoms with Crippen molar-refractivity contribution in [1.29, 1.82) is 0 Å². The number of nitrogens with zero attached hydrogens (tertiary/aromatic N) is 2. The first-order valence-corrected chi connectivity index (χ1v) is 6.58. The molecule has 0 unspecified atom stereocenters. The molecular weight excluding hydrogens is 299 g/mol. The molecule has 0 spiro atoms. The second-order valence-corrected chi connectivity index (χ2v) is 5.16. The minimum atomic E-state index is -0.602. The number of pyridine rings is 1. The van der Waals surface area contributed by atoms with E-state index in [-0.39, 0.29) is 17.1 Å². The summed E-state index contributed by atoms with van der Waals surface area (Å²) in [5.41, 5.74) is 1.36. The van der Waals surface area contributed by atoms with Gasteiger partial charge in [-0.05, 0) is 24.3 Å². The average Bonchev–Trinajstić information content (AvgIpc) is 2.65. The Morgan fingerprint density at radius 1 is 1.15 bits per heavy atom. The Labute approximate surface area is 124 Å². The molecule has 1 aromatic carbocycles. The third-order valence-electron chi connectivity index (χ3n) is 3.05. The lowest BCUT2D eigenvalue weighted by atomic mass is 10.1. The van der Waals surface area contributed by atoms with Crippen molar-refractivity contribution in [3.63, 3.8) is 0 Å². The Morgan fingerprint density at radius 2 is 1.95 bits per heavy atom. The van der Waals surface area contributed by atoms with Crippen LogP contribution in [0.3, 0.4) is 0 Å². The van der Waals surface area contributed by atoms with E-state index < -0.39 is 11.7 Å². The molecule has 1 amide bonds. The zero-order valence-electron chi connectivity index (χ0n) is 10.1. The lowest BCUT2D eigenvalue weighted by Crippen LogP contribution is -2.29. The summed E-state index contributed by atoms with van der Waals surface area (Å²) in [7, 11) is 0. The fourth-order valence-electron chi connectivity index (χ4n) is 2.16. The standard InChI is InChI=1S/C14H8Cl2N2O2/c15-8-4-5-17-9(6-8)7-18-11-3-1-2-10(16)12(11)13(19)14(18)20/h1-6H,7H2. The van der Waals surface area contributed by atoms with E-state index in [9.17, 15) is 9.59 Å². The molecule has 1 aliphatic rings. The molecule has 1 aliphatic heterocycles. The zero-order chi connectivity index (χ0) is 14.3. The van der Waals surface area contributed by atoms with E-state index in [2.05, 4.69) is 4.98 Å². The largest absolute Gasteiger partial charge is 0.299 e. The maximum absolute atomic E-state index is 12.1. The molecule has 100 valence electrons. The number of hydrogen-bond donors (Lipinski definition) is 0. The van der Waals surface area contributed by atoms with E-state index in [0.717, 1.165) is 0 Å². The van der Waals surface area contributed by atoms with Crippen LogP contribution in [-0.4, -0.2) is 16.7 Å². The molecule has 3 rings (SSSR count). The molecule has 1 aromatic heterocycles. The van der Waals surface area contributed by atoms with Crippen molar-refractivity contribution in [2.75, 3.05) is 4.90 Å². The van der Waals surface area contributed by atoms with Crippen molar-refractivity contribution >= 4 is 40.6 Å². The molecule has 2 heterocycles. The van der Waals surface area contributed by atoms with Gasteiger partial charge in [-0.2, -0.15) is 0 Å². The van der Waals surface area contributed by atoms with E-state index in [4.69, 9.17) is 23.2 Å². The maximum Gasteiger partial charge on any atom is 0.299 e. The Kier molecular flexibility index (Phi) is 3.20. The van der Waals surface area contributed by atoms with Crippen LogP contribution in [0.15, 0.2) is 36.5 Å². The molecule has 0 bridgehead atoms. The monoisotopic (exact) mass is 306 g/mol. The van der Waals surface area contributed by atoms with Gasteiger partial charge >= 0.3 is 0 Å². The summed E-state index contributed by atoms with van der Waals surface area (Å²) in [6.45, 7) is 0.179. The van der Waals surface area contributed by atoms with Crippen molar-refractivity contribution in [3.8, 4) is 0 Å². The topological polar surface area (TPSA) is 50.3 Å². The van der Waals surface area contributed by atoms with E-state index in [1.165, 1.54) is 4.90 Å². The van der Waals surface area contributed by atoms with Crippen molar-refractivity contribution < 1.29 is 9.59 Å². The van der Waals surface area contributed by atoms with Gasteiger partial charge in [0, 0.05) is 11.2 Å². The van der Waals surface area contributed by atoms with Crippen LogP contribution in [-0.2, 0) is 11.3 Å². The predicted molar refractivity (Wildman–Crippen MR) is 76.2 cm³/mol. The quantitative estimate of drug-likeness (QED) is 0.801. The third-order valence-corrected chi connectivity index (χ3v) is 3.60. The molecule has 2 aromatic rings. The number of benzene rings is 1. The molecule has 20 heavy (non-hydrogen) atoms. The van der Waals surface area contributed by atoms with E-state index in [1.54, 1.807) is 36.5 Å². The molecule has 0 N–H and O–H groups in total. The van der Waals surface area contributed by atoms with E-state index in [0.29, 0.717) is 16.4 Å². The normalized spacial score (nSPS) is 13.8. The molecular formula is C14H8Cl2N2O2. The Balaban J connectivity index is 2.02. The molecule has 0 fully saturated rings. The molecule has 0 saturated heterocycles. The minimum absolute atomic E-state index is 0.179. The van der Waals surface area contributed by atoms with Gasteiger partial charge in [-0.15, -0.1) is 0 Å². The van der Waals surface area contributed by atoms with E-state index >= 15 is 0 Å². The van der Waals surface area contributed by atoms with Crippen LogP contribution < -0.4 is 4.90 Å². The number of carbonyl (C=O) groups excluding carboxylic acids is 2. The highest BCUT2D eigenvalue weighted by Gasteiger charge is 2.37. The van der Waals surface area contributed by atoms with Crippen LogP contribution in [0, 0.1) is 0 Å². The Bertz CT molecular complexity index is 731. The number of rotatable bonds is 2. The van der Waals surface area contributed by atoms with Gasteiger partial charge in [-0.25, -0.2) is 0 Å². The molecule has 6 heteroatoms. The second kappa shape index (κ2) is 4.89. The SMILES string of the molecule is O=C1C(=O)N(Cc2cc(Cl)ccn2)c2cccc(Cl)c21. The molecule has 0 atom stereocenters. The van der Waals surface area contributed by atoms with Gasteiger partial charge in [0.1, 0.15) is 0 Å². The molecule has 0 aliphatic carbocycles. The van der Waals surface area contributed by atoms with Crippen LogP contribution in [0.5, 0.6) is 0 Å². The predicted octanol–water partition coefficient (Wildman–Crippen LogP) is 3.12. The summed E-state index contributed by atoms with van der Waals surface area (Å²) in [5.74, 6) is -1.19. The van der Waals surface area contributed by atoms with Gasteiger partial charge in [-0.1, -0.05) is 29.3 Å². The summed E-state index contributed by atoms with van der Waals surface area (Å²) in [6, 6.07) is 8.28. The summed E-state index contributed by atoms with van der Waals surface area (Å²) >= 11 is 11.9. The number of halogens is 2. The lowest BCUT2D eigenvalue weighted by Gasteiger charge is -2.16. The Morgan fingerprint density at radius 3 is 2.70 bits per heavy atom. The second-order valence-electron chi connectivity index (χ2n) is 4.32. The summed E-state index contributed by atoms with van der Waals surface area (Å²) < 4.78 is 0. The third kappa shape index (κ3) is 2.07. The van der Waals surface area contributed by atoms with Crippen molar-refractivity contribution in [2.45, 2.75) is 6.54 Å². The van der Waals surface area contributed by atoms with Gasteiger partial charge in [0.25, 0.3) is 11.7 Å². The summed E-state index contributed by atoms with van der Waals surface area (Å²) in [6.07, 6.45) is 1.55. The number of anilines is 1. The van der Waals surface area contributed by atoms with Gasteiger partial charge in [0.05, 0.1) is 28.5 Å². The zero-order valence-corrected chi connectivity index (χ0v) is 11.6. The van der Waals surface area contributed by atoms with Gasteiger partial charge < -0.3 is 0 Å². The number of aromatic nitrogens is 1. The van der Waals surface area contributed by atoms with Gasteiger partial charge in [0.15, 0.2) is 0 Å². The van der Waals surface area contributed by atoms with Crippen LogP contribution in [0.4, 0.5) is 5.69 Å². The number of fused-ring (bicyclic) bond motifs is 1. The highest BCUT2D eigenvalue weighted by molar-refractivity contribution is 6.55. The maximum atomic E-state index is 12.1. The van der Waals surface area contributed by atoms with Crippen molar-refractivity contribution in [3.05, 3.63) is 57.8 Å². The smallest absolute Gasteiger partial charge is 0.299 e. The van der Waals surface area contributed by atoms with Crippen LogP contribution in [0.2, 0.25) is 10.0 Å². The highest BCUT2D eigenvalue weighted by atomic mass is 35.5. The first-order valence-electron chi connectivity index (χ1n) is 5.83. The summed E-state index contributed by atoms with van der Waals surface area (Å²) in [4.78, 5) is 29.5. The van der Waals surface area contributed by atoms with Gasteiger partial charge in [-0.3, -0.25) is 19.5 Å². The number of ketones is 1. The average molecular weight is 307 g/mol. The van der Waals surface area contributed by atoms with Crippen LogP contribution in [0.25, 0.3) is 0 Å². The fraction of sp³-hybridized carbons (Fsp3) is 0.0714. The number of carbonyl (C=O) groups is 2. The molecule has 0 saturated carbocycles. The fourth-order valence-corrected chi connectivity index (χ4v) is 2.59. The first kappa shape index (κ1) is 13.1. The number of hydrogen-bond acceptors (Lipinski definition) is 3. The van der Waals surface area contributed by atoms with Crippen LogP contribution >= 0.6 is 23.2 Å². The molecule has 0 radical (unpaired) electrons. The van der Waals surface area contributed by atoms with Crippen molar-refractivity contribution in [1.82, 2.24) is 4.98 Å². The summed E-state index contributed by atoms with van der Waals surface area (Å²) in [5, 5.41) is 0.807. The number of Topliss-reactive ketones (excluding diaryl/α,β-unsaturated/α-hetero) is 1. The highest BCUT2D eigenvalue weighted by Crippen LogP contribution is 2.34. The van der Waals surface area contributed by atoms with Crippen molar-refractivity contribution in [2.24, 2.45) is 0 Å². The number of amides is 1. The van der Waals surface area contributed by atoms with Gasteiger partial charge in [0.2, 0.25) is 0 Å². The lowest BCUT2D eigenvalue weighted by molar-refractivity contribution is -0.114. The van der Waals surface area contributed by atoms with E-state index in [1.807, 2.05) is 0 Å². The molecule has 4 nitrogen and oxygen atoms in total. The minimum Gasteiger partial charge on any atom is -0.299 e. The Hall–Kier alpha value is -1.91.